The Morgan fingerprint density at radius 1 is 1.10 bits per heavy atom. The Balaban J connectivity index is 1.54. The van der Waals surface area contributed by atoms with Crippen LogP contribution in [0.25, 0.3) is 10.9 Å². The summed E-state index contributed by atoms with van der Waals surface area (Å²) in [6.45, 7) is 3.41. The summed E-state index contributed by atoms with van der Waals surface area (Å²) >= 11 is 0. The van der Waals surface area contributed by atoms with E-state index in [9.17, 15) is 9.18 Å². The third kappa shape index (κ3) is 4.53. The fourth-order valence-electron chi connectivity index (χ4n) is 3.45. The Morgan fingerprint density at radius 2 is 1.86 bits per heavy atom. The van der Waals surface area contributed by atoms with Crippen LogP contribution >= 0.6 is 0 Å². The first-order chi connectivity index (χ1) is 14.2. The lowest BCUT2D eigenvalue weighted by atomic mass is 10.2. The maximum absolute atomic E-state index is 13.8. The van der Waals surface area contributed by atoms with E-state index in [1.54, 1.807) is 18.2 Å². The van der Waals surface area contributed by atoms with Gasteiger partial charge in [-0.1, -0.05) is 31.2 Å². The summed E-state index contributed by atoms with van der Waals surface area (Å²) in [5.41, 5.74) is 1.15. The number of hydrogen-bond acceptors (Lipinski definition) is 4. The Bertz CT molecular complexity index is 1020. The van der Waals surface area contributed by atoms with Gasteiger partial charge in [0.2, 0.25) is 5.91 Å². The number of fused-ring (bicyclic) bond motifs is 1. The second kappa shape index (κ2) is 8.55. The topological polar surface area (TPSA) is 58.1 Å². The molecule has 3 aromatic rings. The van der Waals surface area contributed by atoms with Gasteiger partial charge in [-0.25, -0.2) is 14.4 Å². The van der Waals surface area contributed by atoms with E-state index >= 15 is 0 Å². The number of carbonyl (C=O) groups excluding carboxylic acids is 1. The van der Waals surface area contributed by atoms with E-state index < -0.39 is 5.82 Å². The van der Waals surface area contributed by atoms with Crippen molar-refractivity contribution in [2.24, 2.45) is 0 Å². The molecule has 1 aromatic heterocycles. The molecule has 0 saturated heterocycles. The predicted octanol–water partition coefficient (Wildman–Crippen LogP) is 4.89. The van der Waals surface area contributed by atoms with Crippen molar-refractivity contribution < 1.29 is 9.18 Å². The quantitative estimate of drug-likeness (QED) is 0.593. The summed E-state index contributed by atoms with van der Waals surface area (Å²) in [5, 5.41) is 3.66. The van der Waals surface area contributed by atoms with Crippen molar-refractivity contribution in [1.29, 1.82) is 0 Å². The highest BCUT2D eigenvalue weighted by molar-refractivity contribution is 5.92. The van der Waals surface area contributed by atoms with Gasteiger partial charge >= 0.3 is 0 Å². The van der Waals surface area contributed by atoms with E-state index in [1.807, 2.05) is 24.3 Å². The molecule has 1 fully saturated rings. The van der Waals surface area contributed by atoms with E-state index in [2.05, 4.69) is 17.1 Å². The molecule has 0 radical (unpaired) electrons. The van der Waals surface area contributed by atoms with Crippen molar-refractivity contribution in [2.45, 2.75) is 38.5 Å². The summed E-state index contributed by atoms with van der Waals surface area (Å²) in [4.78, 5) is 24.2. The van der Waals surface area contributed by atoms with Crippen LogP contribution < -0.4 is 10.2 Å². The Labute approximate surface area is 170 Å². The van der Waals surface area contributed by atoms with Crippen LogP contribution in [0.15, 0.2) is 48.5 Å². The van der Waals surface area contributed by atoms with Crippen LogP contribution in [0.1, 0.15) is 44.3 Å². The second-order valence-corrected chi connectivity index (χ2v) is 7.46. The molecule has 4 rings (SSSR count). The summed E-state index contributed by atoms with van der Waals surface area (Å²) < 4.78 is 13.8. The number of benzene rings is 2. The van der Waals surface area contributed by atoms with Gasteiger partial charge in [-0.3, -0.25) is 4.79 Å². The number of anilines is 2. The van der Waals surface area contributed by atoms with Crippen LogP contribution in [0.3, 0.4) is 0 Å². The summed E-state index contributed by atoms with van der Waals surface area (Å²) in [6.07, 6.45) is 3.46. The summed E-state index contributed by atoms with van der Waals surface area (Å²) in [6, 6.07) is 14.2. The molecular weight excluding hydrogens is 367 g/mol. The number of nitrogens with zero attached hydrogens (tertiary/aromatic N) is 3. The molecule has 0 bridgehead atoms. The monoisotopic (exact) mass is 392 g/mol. The van der Waals surface area contributed by atoms with Crippen molar-refractivity contribution >= 4 is 28.3 Å². The third-order valence-corrected chi connectivity index (χ3v) is 5.09. The highest BCUT2D eigenvalue weighted by atomic mass is 19.1. The maximum atomic E-state index is 13.8. The molecule has 1 aliphatic carbocycles. The lowest BCUT2D eigenvalue weighted by molar-refractivity contribution is -0.116. The molecule has 150 valence electrons. The molecule has 1 heterocycles. The number of amides is 1. The fourth-order valence-corrected chi connectivity index (χ4v) is 3.45. The first kappa shape index (κ1) is 19.3. The Kier molecular flexibility index (Phi) is 5.69. The van der Waals surface area contributed by atoms with Crippen LogP contribution in [0.5, 0.6) is 0 Å². The average molecular weight is 392 g/mol. The molecule has 0 atom stereocenters. The number of hydrogen-bond donors (Lipinski definition) is 1. The molecule has 1 N–H and O–H groups in total. The third-order valence-electron chi connectivity index (χ3n) is 5.09. The average Bonchev–Trinajstić information content (AvgIpc) is 3.57. The van der Waals surface area contributed by atoms with Gasteiger partial charge in [0.15, 0.2) is 0 Å². The number of rotatable bonds is 8. The van der Waals surface area contributed by atoms with Gasteiger partial charge in [0.1, 0.15) is 17.5 Å². The minimum absolute atomic E-state index is 0.211. The normalized spacial score (nSPS) is 13.4. The molecule has 0 spiro atoms. The smallest absolute Gasteiger partial charge is 0.226 e. The molecule has 6 heteroatoms. The minimum Gasteiger partial charge on any atom is -0.355 e. The number of carbonyl (C=O) groups is 1. The SMILES string of the molecule is CCCN(CCC(=O)Nc1ccccc1F)c1nc(C2CC2)nc2ccccc12. The molecule has 1 aliphatic rings. The van der Waals surface area contributed by atoms with E-state index in [4.69, 9.17) is 9.97 Å². The van der Waals surface area contributed by atoms with Crippen molar-refractivity contribution in [3.63, 3.8) is 0 Å². The Morgan fingerprint density at radius 3 is 2.62 bits per heavy atom. The van der Waals surface area contributed by atoms with Crippen molar-refractivity contribution in [2.75, 3.05) is 23.3 Å². The molecule has 2 aromatic carbocycles. The molecule has 1 amide bonds. The maximum Gasteiger partial charge on any atom is 0.226 e. The molecular formula is C23H25FN4O. The number of para-hydroxylation sites is 2. The first-order valence-corrected chi connectivity index (χ1v) is 10.2. The Hall–Kier alpha value is -3.02. The van der Waals surface area contributed by atoms with E-state index in [0.717, 1.165) is 48.4 Å². The van der Waals surface area contributed by atoms with Gasteiger partial charge < -0.3 is 10.2 Å². The van der Waals surface area contributed by atoms with Gasteiger partial charge in [-0.15, -0.1) is 0 Å². The van der Waals surface area contributed by atoms with Gasteiger partial charge in [0, 0.05) is 30.8 Å². The zero-order valence-electron chi connectivity index (χ0n) is 16.6. The van der Waals surface area contributed by atoms with Crippen molar-refractivity contribution in [3.8, 4) is 0 Å². The fraction of sp³-hybridized carbons (Fsp3) is 0.348. The zero-order chi connectivity index (χ0) is 20.2. The second-order valence-electron chi connectivity index (χ2n) is 7.46. The molecule has 5 nitrogen and oxygen atoms in total. The lowest BCUT2D eigenvalue weighted by Gasteiger charge is -2.25. The summed E-state index contributed by atoms with van der Waals surface area (Å²) in [5.74, 6) is 1.60. The minimum atomic E-state index is -0.429. The van der Waals surface area contributed by atoms with Crippen LogP contribution in [0.2, 0.25) is 0 Å². The molecule has 0 aliphatic heterocycles. The summed E-state index contributed by atoms with van der Waals surface area (Å²) in [7, 11) is 0. The van der Waals surface area contributed by atoms with E-state index in [1.165, 1.54) is 6.07 Å². The zero-order valence-corrected chi connectivity index (χ0v) is 16.6. The number of aromatic nitrogens is 2. The standard InChI is InChI=1S/C23H25FN4O/c1-2-14-28(15-13-21(29)25-20-10-6-4-8-18(20)24)23-17-7-3-5-9-19(17)26-22(27-23)16-11-12-16/h3-10,16H,2,11-15H2,1H3,(H,25,29). The van der Waals surface area contributed by atoms with Crippen LogP contribution in [0, 0.1) is 5.82 Å². The molecule has 0 unspecified atom stereocenters. The van der Waals surface area contributed by atoms with Gasteiger partial charge in [-0.2, -0.15) is 0 Å². The lowest BCUT2D eigenvalue weighted by Crippen LogP contribution is -2.30. The van der Waals surface area contributed by atoms with Crippen LogP contribution in [0.4, 0.5) is 15.9 Å². The number of halogens is 1. The largest absolute Gasteiger partial charge is 0.355 e. The highest BCUT2D eigenvalue weighted by Gasteiger charge is 2.28. The first-order valence-electron chi connectivity index (χ1n) is 10.2. The van der Waals surface area contributed by atoms with E-state index in [0.29, 0.717) is 12.5 Å². The molecule has 1 saturated carbocycles. The van der Waals surface area contributed by atoms with Gasteiger partial charge in [-0.05, 0) is 43.5 Å². The highest BCUT2D eigenvalue weighted by Crippen LogP contribution is 2.39. The van der Waals surface area contributed by atoms with Crippen molar-refractivity contribution in [1.82, 2.24) is 9.97 Å². The van der Waals surface area contributed by atoms with Crippen molar-refractivity contribution in [3.05, 3.63) is 60.2 Å². The predicted molar refractivity (Wildman–Crippen MR) is 114 cm³/mol. The van der Waals surface area contributed by atoms with E-state index in [-0.39, 0.29) is 18.0 Å². The number of nitrogens with one attached hydrogen (secondary N) is 1. The van der Waals surface area contributed by atoms with Crippen LogP contribution in [-0.2, 0) is 4.79 Å². The van der Waals surface area contributed by atoms with Gasteiger partial charge in [0.05, 0.1) is 11.2 Å². The molecule has 29 heavy (non-hydrogen) atoms. The van der Waals surface area contributed by atoms with Crippen LogP contribution in [-0.4, -0.2) is 29.0 Å². The van der Waals surface area contributed by atoms with Gasteiger partial charge in [0.25, 0.3) is 0 Å².